The molecule has 1 aliphatic carbocycles. The second-order valence-electron chi connectivity index (χ2n) is 7.74. The first kappa shape index (κ1) is 21.1. The van der Waals surface area contributed by atoms with Gasteiger partial charge in [-0.3, -0.25) is 9.48 Å². The minimum absolute atomic E-state index is 0.153. The van der Waals surface area contributed by atoms with Gasteiger partial charge in [0.1, 0.15) is 5.15 Å². The third kappa shape index (κ3) is 4.34. The van der Waals surface area contributed by atoms with Gasteiger partial charge < -0.3 is 10.4 Å². The molecule has 2 aromatic heterocycles. The zero-order valence-electron chi connectivity index (χ0n) is 16.4. The summed E-state index contributed by atoms with van der Waals surface area (Å²) in [4.78, 5) is 16.9. The van der Waals surface area contributed by atoms with Gasteiger partial charge in [0.15, 0.2) is 5.69 Å². The van der Waals surface area contributed by atoms with Crippen LogP contribution >= 0.6 is 23.2 Å². The molecule has 1 aliphatic rings. The van der Waals surface area contributed by atoms with Gasteiger partial charge >= 0.3 is 0 Å². The minimum Gasteiger partial charge on any atom is -0.388 e. The molecular weight excluding hydrogens is 399 g/mol. The number of pyridine rings is 1. The average molecular weight is 425 g/mol. The van der Waals surface area contributed by atoms with Crippen LogP contribution < -0.4 is 5.32 Å². The zero-order valence-corrected chi connectivity index (χ0v) is 17.9. The van der Waals surface area contributed by atoms with E-state index in [-0.39, 0.29) is 23.2 Å². The van der Waals surface area contributed by atoms with Gasteiger partial charge in [-0.05, 0) is 57.1 Å². The number of nitrogens with one attached hydrogen (secondary N) is 1. The fraction of sp³-hybridized carbons (Fsp3) is 0.550. The Hall–Kier alpha value is -1.63. The molecule has 6 nitrogen and oxygen atoms in total. The minimum atomic E-state index is -0.860. The number of aromatic nitrogens is 3. The van der Waals surface area contributed by atoms with Crippen LogP contribution in [0.5, 0.6) is 0 Å². The first-order chi connectivity index (χ1) is 13.2. The summed E-state index contributed by atoms with van der Waals surface area (Å²) in [5.74, 6) is 0.231. The van der Waals surface area contributed by atoms with Gasteiger partial charge in [-0.25, -0.2) is 4.98 Å². The molecule has 0 aliphatic heterocycles. The van der Waals surface area contributed by atoms with Crippen molar-refractivity contribution in [3.8, 4) is 11.3 Å². The Labute approximate surface area is 175 Å². The van der Waals surface area contributed by atoms with Crippen LogP contribution in [0, 0.1) is 12.8 Å². The Morgan fingerprint density at radius 3 is 2.68 bits per heavy atom. The third-order valence-corrected chi connectivity index (χ3v) is 6.09. The first-order valence-corrected chi connectivity index (χ1v) is 10.4. The Kier molecular flexibility index (Phi) is 6.32. The molecule has 0 spiro atoms. The number of aryl methyl sites for hydroxylation is 2. The standard InChI is InChI=1S/C20H26Cl2N4O2/c1-4-26-18(14-10-23-15(21)9-13(14)3)16(22)17(25-26)19(27)24-11-20(28)7-5-12(2)6-8-20/h9-10,12,28H,4-8,11H2,1-3H3,(H,24,27). The fourth-order valence-corrected chi connectivity index (χ4v) is 4.18. The van der Waals surface area contributed by atoms with E-state index in [1.807, 2.05) is 13.8 Å². The van der Waals surface area contributed by atoms with Crippen LogP contribution in [0.3, 0.4) is 0 Å². The van der Waals surface area contributed by atoms with E-state index in [9.17, 15) is 9.90 Å². The van der Waals surface area contributed by atoms with E-state index in [0.29, 0.717) is 36.2 Å². The number of rotatable bonds is 5. The molecule has 3 rings (SSSR count). The highest BCUT2D eigenvalue weighted by Gasteiger charge is 2.33. The number of carbonyl (C=O) groups is 1. The summed E-state index contributed by atoms with van der Waals surface area (Å²) in [6.07, 6.45) is 4.94. The number of hydrogen-bond acceptors (Lipinski definition) is 4. The number of halogens is 2. The molecule has 0 saturated heterocycles. The van der Waals surface area contributed by atoms with E-state index < -0.39 is 5.60 Å². The number of hydrogen-bond donors (Lipinski definition) is 2. The van der Waals surface area contributed by atoms with Crippen LogP contribution in [0.4, 0.5) is 0 Å². The molecule has 2 N–H and O–H groups in total. The highest BCUT2D eigenvalue weighted by atomic mass is 35.5. The van der Waals surface area contributed by atoms with Crippen LogP contribution in [-0.2, 0) is 6.54 Å². The van der Waals surface area contributed by atoms with Crippen LogP contribution in [0.25, 0.3) is 11.3 Å². The molecule has 2 aromatic rings. The summed E-state index contributed by atoms with van der Waals surface area (Å²) in [7, 11) is 0. The van der Waals surface area contributed by atoms with Crippen molar-refractivity contribution in [2.45, 2.75) is 58.6 Å². The normalized spacial score (nSPS) is 22.3. The number of carbonyl (C=O) groups excluding carboxylic acids is 1. The highest BCUT2D eigenvalue weighted by Crippen LogP contribution is 2.34. The Morgan fingerprint density at radius 2 is 2.07 bits per heavy atom. The van der Waals surface area contributed by atoms with E-state index in [4.69, 9.17) is 23.2 Å². The summed E-state index contributed by atoms with van der Waals surface area (Å²) in [5, 5.41) is 18.6. The van der Waals surface area contributed by atoms with Gasteiger partial charge in [0.2, 0.25) is 0 Å². The lowest BCUT2D eigenvalue weighted by atomic mass is 9.79. The average Bonchev–Trinajstić information content (AvgIpc) is 2.99. The molecule has 152 valence electrons. The Morgan fingerprint density at radius 1 is 1.39 bits per heavy atom. The Bertz CT molecular complexity index is 873. The van der Waals surface area contributed by atoms with Crippen molar-refractivity contribution in [1.82, 2.24) is 20.1 Å². The smallest absolute Gasteiger partial charge is 0.273 e. The molecule has 1 amide bonds. The summed E-state index contributed by atoms with van der Waals surface area (Å²) >= 11 is 12.5. The summed E-state index contributed by atoms with van der Waals surface area (Å²) in [6.45, 7) is 6.77. The van der Waals surface area contributed by atoms with Crippen molar-refractivity contribution in [2.24, 2.45) is 5.92 Å². The molecule has 0 radical (unpaired) electrons. The Balaban J connectivity index is 1.83. The summed E-state index contributed by atoms with van der Waals surface area (Å²) in [6, 6.07) is 1.75. The molecule has 1 saturated carbocycles. The van der Waals surface area contributed by atoms with E-state index in [1.165, 1.54) is 0 Å². The van der Waals surface area contributed by atoms with Crippen LogP contribution in [0.15, 0.2) is 12.3 Å². The van der Waals surface area contributed by atoms with Crippen molar-refractivity contribution in [1.29, 1.82) is 0 Å². The molecule has 0 aromatic carbocycles. The van der Waals surface area contributed by atoms with Crippen molar-refractivity contribution in [3.63, 3.8) is 0 Å². The third-order valence-electron chi connectivity index (χ3n) is 5.52. The predicted octanol–water partition coefficient (Wildman–Crippen LogP) is 4.25. The molecule has 2 heterocycles. The maximum Gasteiger partial charge on any atom is 0.273 e. The zero-order chi connectivity index (χ0) is 20.5. The van der Waals surface area contributed by atoms with Gasteiger partial charge in [0.25, 0.3) is 5.91 Å². The van der Waals surface area contributed by atoms with Crippen molar-refractivity contribution < 1.29 is 9.90 Å². The molecule has 0 atom stereocenters. The molecule has 0 bridgehead atoms. The van der Waals surface area contributed by atoms with Crippen LogP contribution in [0.2, 0.25) is 10.2 Å². The van der Waals surface area contributed by atoms with Gasteiger partial charge in [-0.1, -0.05) is 30.1 Å². The lowest BCUT2D eigenvalue weighted by Crippen LogP contribution is -2.45. The lowest BCUT2D eigenvalue weighted by molar-refractivity contribution is -0.00544. The van der Waals surface area contributed by atoms with Crippen molar-refractivity contribution in [2.75, 3.05) is 6.54 Å². The summed E-state index contributed by atoms with van der Waals surface area (Å²) < 4.78 is 1.69. The number of amides is 1. The van der Waals surface area contributed by atoms with E-state index in [0.717, 1.165) is 24.0 Å². The van der Waals surface area contributed by atoms with Crippen LogP contribution in [0.1, 0.15) is 55.6 Å². The number of aliphatic hydroxyl groups is 1. The van der Waals surface area contributed by atoms with Crippen molar-refractivity contribution in [3.05, 3.63) is 33.7 Å². The summed E-state index contributed by atoms with van der Waals surface area (Å²) in [5.41, 5.74) is 1.61. The highest BCUT2D eigenvalue weighted by molar-refractivity contribution is 6.36. The second-order valence-corrected chi connectivity index (χ2v) is 8.50. The van der Waals surface area contributed by atoms with Crippen molar-refractivity contribution >= 4 is 29.1 Å². The molecule has 1 fully saturated rings. The maximum atomic E-state index is 12.7. The quantitative estimate of drug-likeness (QED) is 0.702. The van der Waals surface area contributed by atoms with Gasteiger partial charge in [0.05, 0.1) is 16.3 Å². The van der Waals surface area contributed by atoms with E-state index in [2.05, 4.69) is 22.3 Å². The molecule has 0 unspecified atom stereocenters. The fourth-order valence-electron chi connectivity index (χ4n) is 3.65. The van der Waals surface area contributed by atoms with Gasteiger partial charge in [-0.15, -0.1) is 0 Å². The van der Waals surface area contributed by atoms with Gasteiger partial charge in [0, 0.05) is 24.8 Å². The lowest BCUT2D eigenvalue weighted by Gasteiger charge is -2.34. The molecule has 8 heteroatoms. The largest absolute Gasteiger partial charge is 0.388 e. The maximum absolute atomic E-state index is 12.7. The second kappa shape index (κ2) is 8.39. The predicted molar refractivity (Wildman–Crippen MR) is 111 cm³/mol. The van der Waals surface area contributed by atoms with E-state index in [1.54, 1.807) is 16.9 Å². The van der Waals surface area contributed by atoms with Gasteiger partial charge in [-0.2, -0.15) is 5.10 Å². The first-order valence-electron chi connectivity index (χ1n) is 9.63. The SMILES string of the molecule is CCn1nc(C(=O)NCC2(O)CCC(C)CC2)c(Cl)c1-c1cnc(Cl)cc1C. The number of nitrogens with zero attached hydrogens (tertiary/aromatic N) is 3. The van der Waals surface area contributed by atoms with E-state index >= 15 is 0 Å². The monoisotopic (exact) mass is 424 g/mol. The van der Waals surface area contributed by atoms with Crippen LogP contribution in [-0.4, -0.2) is 37.9 Å². The molecule has 28 heavy (non-hydrogen) atoms. The topological polar surface area (TPSA) is 80.0 Å². The molecular formula is C20H26Cl2N4O2.